The summed E-state index contributed by atoms with van der Waals surface area (Å²) < 4.78 is 31.9. The highest BCUT2D eigenvalue weighted by Crippen LogP contribution is 2.40. The Labute approximate surface area is 162 Å². The molecule has 1 N–H and O–H groups in total. The number of ether oxygens (including phenoxy) is 1. The van der Waals surface area contributed by atoms with Crippen molar-refractivity contribution in [2.24, 2.45) is 5.92 Å². The molecule has 1 amide bonds. The van der Waals surface area contributed by atoms with E-state index in [1.807, 2.05) is 32.9 Å². The predicted octanol–water partition coefficient (Wildman–Crippen LogP) is 2.78. The second kappa shape index (κ2) is 7.43. The van der Waals surface area contributed by atoms with Crippen molar-refractivity contribution in [3.63, 3.8) is 0 Å². The van der Waals surface area contributed by atoms with E-state index >= 15 is 0 Å². The van der Waals surface area contributed by atoms with Gasteiger partial charge in [-0.2, -0.15) is 0 Å². The number of benzene rings is 1. The molecule has 2 aliphatic heterocycles. The molecule has 0 aromatic heterocycles. The first-order chi connectivity index (χ1) is 12.6. The molecule has 1 saturated heterocycles. The number of carbonyl (C=O) groups is 1. The summed E-state index contributed by atoms with van der Waals surface area (Å²) in [5, 5.41) is 3.18. The minimum Gasteiger partial charge on any atom is -0.487 e. The van der Waals surface area contributed by atoms with Crippen LogP contribution < -0.4 is 10.1 Å². The topological polar surface area (TPSA) is 75.7 Å². The molecule has 0 radical (unpaired) electrons. The zero-order valence-corrected chi connectivity index (χ0v) is 17.4. The number of amides is 1. The lowest BCUT2D eigenvalue weighted by Crippen LogP contribution is -2.48. The minimum absolute atomic E-state index is 0.0684. The first-order valence-electron chi connectivity index (χ1n) is 9.69. The van der Waals surface area contributed by atoms with Crippen molar-refractivity contribution in [3.05, 3.63) is 29.3 Å². The molecule has 0 saturated carbocycles. The number of aryl methyl sites for hydroxylation is 1. The summed E-state index contributed by atoms with van der Waals surface area (Å²) in [5.41, 5.74) is 1.75. The van der Waals surface area contributed by atoms with E-state index in [1.165, 1.54) is 4.31 Å². The molecule has 150 valence electrons. The number of hydrogen-bond acceptors (Lipinski definition) is 4. The molecule has 1 aromatic rings. The largest absolute Gasteiger partial charge is 0.487 e. The van der Waals surface area contributed by atoms with E-state index < -0.39 is 10.0 Å². The average molecular weight is 395 g/mol. The molecule has 7 heteroatoms. The number of nitrogens with one attached hydrogen (secondary N) is 1. The van der Waals surface area contributed by atoms with Crippen molar-refractivity contribution >= 4 is 15.9 Å². The Morgan fingerprint density at radius 1 is 1.37 bits per heavy atom. The lowest BCUT2D eigenvalue weighted by atomic mass is 9.88. The van der Waals surface area contributed by atoms with Gasteiger partial charge in [-0.05, 0) is 46.6 Å². The zero-order chi connectivity index (χ0) is 19.8. The van der Waals surface area contributed by atoms with Crippen LogP contribution in [0.2, 0.25) is 0 Å². The van der Waals surface area contributed by atoms with Gasteiger partial charge in [0.1, 0.15) is 11.4 Å². The fourth-order valence-electron chi connectivity index (χ4n) is 3.98. The van der Waals surface area contributed by atoms with Crippen LogP contribution in [0.25, 0.3) is 0 Å². The van der Waals surface area contributed by atoms with Gasteiger partial charge in [-0.25, -0.2) is 12.7 Å². The third-order valence-corrected chi connectivity index (χ3v) is 7.30. The molecule has 0 spiro atoms. The smallest absolute Gasteiger partial charge is 0.224 e. The number of sulfonamides is 1. The summed E-state index contributed by atoms with van der Waals surface area (Å²) in [5.74, 6) is 0.503. The van der Waals surface area contributed by atoms with Crippen LogP contribution in [0.5, 0.6) is 5.75 Å². The lowest BCUT2D eigenvalue weighted by molar-refractivity contribution is -0.127. The maximum absolute atomic E-state index is 13.0. The minimum atomic E-state index is -3.26. The second-order valence-corrected chi connectivity index (χ2v) is 10.5. The Balaban J connectivity index is 1.77. The van der Waals surface area contributed by atoms with Gasteiger partial charge >= 0.3 is 0 Å². The van der Waals surface area contributed by atoms with E-state index in [4.69, 9.17) is 4.74 Å². The number of rotatable bonds is 4. The van der Waals surface area contributed by atoms with Crippen LogP contribution in [0.4, 0.5) is 0 Å². The van der Waals surface area contributed by atoms with E-state index in [2.05, 4.69) is 11.4 Å². The molecule has 2 heterocycles. The number of piperidine rings is 1. The van der Waals surface area contributed by atoms with E-state index in [9.17, 15) is 13.2 Å². The van der Waals surface area contributed by atoms with Gasteiger partial charge in [-0.3, -0.25) is 4.79 Å². The van der Waals surface area contributed by atoms with E-state index in [-0.39, 0.29) is 35.8 Å². The monoisotopic (exact) mass is 394 g/mol. The fourth-order valence-corrected chi connectivity index (χ4v) is 5.16. The van der Waals surface area contributed by atoms with Crippen LogP contribution in [-0.4, -0.2) is 43.1 Å². The average Bonchev–Trinajstić information content (AvgIpc) is 2.61. The van der Waals surface area contributed by atoms with Crippen LogP contribution in [-0.2, 0) is 14.8 Å². The third kappa shape index (κ3) is 4.46. The molecule has 2 aliphatic rings. The molecule has 1 fully saturated rings. The Morgan fingerprint density at radius 2 is 2.11 bits per heavy atom. The predicted molar refractivity (Wildman–Crippen MR) is 105 cm³/mol. The first kappa shape index (κ1) is 20.1. The SMILES string of the molecule is CCS(=O)(=O)N1CCCC(C(=O)NC2CC(C)(C)Oc3ccc(C)cc32)C1. The molecule has 2 unspecified atom stereocenters. The summed E-state index contributed by atoms with van der Waals surface area (Å²) >= 11 is 0. The highest BCUT2D eigenvalue weighted by Gasteiger charge is 2.37. The normalized spacial score (nSPS) is 25.3. The van der Waals surface area contributed by atoms with Crippen LogP contribution in [0.3, 0.4) is 0 Å². The maximum atomic E-state index is 13.0. The van der Waals surface area contributed by atoms with Crippen molar-refractivity contribution in [1.29, 1.82) is 0 Å². The molecule has 27 heavy (non-hydrogen) atoms. The quantitative estimate of drug-likeness (QED) is 0.852. The van der Waals surface area contributed by atoms with E-state index in [1.54, 1.807) is 6.92 Å². The zero-order valence-electron chi connectivity index (χ0n) is 16.6. The van der Waals surface area contributed by atoms with Crippen LogP contribution in [0.1, 0.15) is 57.2 Å². The van der Waals surface area contributed by atoms with Gasteiger partial charge in [-0.1, -0.05) is 17.7 Å². The highest BCUT2D eigenvalue weighted by molar-refractivity contribution is 7.89. The van der Waals surface area contributed by atoms with E-state index in [0.29, 0.717) is 19.4 Å². The van der Waals surface area contributed by atoms with Crippen LogP contribution in [0, 0.1) is 12.8 Å². The Bertz CT molecular complexity index is 819. The molecule has 3 rings (SSSR count). The molecule has 6 nitrogen and oxygen atoms in total. The van der Waals surface area contributed by atoms with Crippen molar-refractivity contribution in [3.8, 4) is 5.75 Å². The van der Waals surface area contributed by atoms with Gasteiger partial charge in [0.15, 0.2) is 0 Å². The Morgan fingerprint density at radius 3 is 2.81 bits per heavy atom. The van der Waals surface area contributed by atoms with E-state index in [0.717, 1.165) is 23.3 Å². The molecule has 1 aromatic carbocycles. The van der Waals surface area contributed by atoms with Crippen LogP contribution >= 0.6 is 0 Å². The van der Waals surface area contributed by atoms with Crippen molar-refractivity contribution in [2.45, 2.75) is 58.6 Å². The number of nitrogens with zero attached hydrogens (tertiary/aromatic N) is 1. The summed E-state index contributed by atoms with van der Waals surface area (Å²) in [4.78, 5) is 13.0. The van der Waals surface area contributed by atoms with Gasteiger partial charge in [0, 0.05) is 25.1 Å². The standard InChI is InChI=1S/C20H30N2O4S/c1-5-27(24,25)22-10-6-7-15(13-22)19(23)21-17-12-20(3,4)26-18-9-8-14(2)11-16(17)18/h8-9,11,15,17H,5-7,10,12-13H2,1-4H3,(H,21,23). The van der Waals surface area contributed by atoms with Crippen molar-refractivity contribution in [1.82, 2.24) is 9.62 Å². The van der Waals surface area contributed by atoms with Gasteiger partial charge in [0.2, 0.25) is 15.9 Å². The summed E-state index contributed by atoms with van der Waals surface area (Å²) in [7, 11) is -3.26. The number of fused-ring (bicyclic) bond motifs is 1. The van der Waals surface area contributed by atoms with Crippen molar-refractivity contribution < 1.29 is 17.9 Å². The molecule has 2 atom stereocenters. The van der Waals surface area contributed by atoms with Gasteiger partial charge in [-0.15, -0.1) is 0 Å². The second-order valence-electron chi connectivity index (χ2n) is 8.27. The number of hydrogen-bond donors (Lipinski definition) is 1. The Kier molecular flexibility index (Phi) is 5.54. The van der Waals surface area contributed by atoms with Crippen molar-refractivity contribution in [2.75, 3.05) is 18.8 Å². The molecule has 0 bridgehead atoms. The summed E-state index contributed by atoms with van der Waals surface area (Å²) in [6.45, 7) is 8.48. The molecular formula is C20H30N2O4S. The summed E-state index contributed by atoms with van der Waals surface area (Å²) in [6, 6.07) is 5.90. The summed E-state index contributed by atoms with van der Waals surface area (Å²) in [6.07, 6.45) is 2.11. The first-order valence-corrected chi connectivity index (χ1v) is 11.3. The van der Waals surface area contributed by atoms with Gasteiger partial charge < -0.3 is 10.1 Å². The molecule has 0 aliphatic carbocycles. The third-order valence-electron chi connectivity index (χ3n) is 5.45. The van der Waals surface area contributed by atoms with Gasteiger partial charge in [0.05, 0.1) is 17.7 Å². The van der Waals surface area contributed by atoms with Crippen LogP contribution in [0.15, 0.2) is 18.2 Å². The maximum Gasteiger partial charge on any atom is 0.224 e. The highest BCUT2D eigenvalue weighted by atomic mass is 32.2. The fraction of sp³-hybridized carbons (Fsp3) is 0.650. The number of carbonyl (C=O) groups excluding carboxylic acids is 1. The molecular weight excluding hydrogens is 364 g/mol. The van der Waals surface area contributed by atoms with Gasteiger partial charge in [0.25, 0.3) is 0 Å². The lowest BCUT2D eigenvalue weighted by Gasteiger charge is -2.39. The Hall–Kier alpha value is -1.60.